The van der Waals surface area contributed by atoms with Crippen LogP contribution < -0.4 is 5.32 Å². The molecular formula is C19H25NO. The molecule has 3 saturated carbocycles. The molecule has 21 heavy (non-hydrogen) atoms. The molecule has 2 heteroatoms. The number of carbonyl (C=O) groups is 1. The number of amides is 1. The highest BCUT2D eigenvalue weighted by molar-refractivity contribution is 5.88. The van der Waals surface area contributed by atoms with E-state index in [1.165, 1.54) is 44.1 Å². The van der Waals surface area contributed by atoms with E-state index < -0.39 is 0 Å². The highest BCUT2D eigenvalue weighted by Gasteiger charge is 2.46. The first-order chi connectivity index (χ1) is 10.3. The van der Waals surface area contributed by atoms with Crippen molar-refractivity contribution in [1.29, 1.82) is 0 Å². The lowest BCUT2D eigenvalue weighted by Crippen LogP contribution is -2.48. The van der Waals surface area contributed by atoms with Crippen molar-refractivity contribution in [3.05, 3.63) is 35.9 Å². The van der Waals surface area contributed by atoms with Crippen LogP contribution in [-0.4, -0.2) is 11.9 Å². The molecule has 2 bridgehead atoms. The highest BCUT2D eigenvalue weighted by atomic mass is 16.2. The molecule has 1 N–H and O–H groups in total. The van der Waals surface area contributed by atoms with E-state index in [1.54, 1.807) is 0 Å². The molecule has 3 atom stereocenters. The monoisotopic (exact) mass is 283 g/mol. The molecule has 3 aliphatic rings. The molecule has 1 amide bonds. The van der Waals surface area contributed by atoms with Crippen LogP contribution in [0.4, 0.5) is 0 Å². The molecule has 2 nitrogen and oxygen atoms in total. The molecule has 0 saturated heterocycles. The topological polar surface area (TPSA) is 29.1 Å². The maximum absolute atomic E-state index is 13.1. The smallest absolute Gasteiger partial charge is 0.230 e. The average Bonchev–Trinajstić information content (AvgIpc) is 3.25. The van der Waals surface area contributed by atoms with Crippen molar-refractivity contribution in [2.75, 3.05) is 0 Å². The van der Waals surface area contributed by atoms with E-state index in [1.807, 2.05) is 6.07 Å². The fourth-order valence-electron chi connectivity index (χ4n) is 5.11. The van der Waals surface area contributed by atoms with E-state index in [2.05, 4.69) is 29.6 Å². The van der Waals surface area contributed by atoms with Crippen molar-refractivity contribution in [2.45, 2.75) is 62.8 Å². The van der Waals surface area contributed by atoms with Gasteiger partial charge in [0.1, 0.15) is 0 Å². The quantitative estimate of drug-likeness (QED) is 0.898. The molecule has 1 aromatic carbocycles. The zero-order chi connectivity index (χ0) is 14.3. The maximum atomic E-state index is 13.1. The second-order valence-electron chi connectivity index (χ2n) is 7.41. The van der Waals surface area contributed by atoms with Gasteiger partial charge in [0, 0.05) is 6.04 Å². The molecule has 0 radical (unpaired) electrons. The van der Waals surface area contributed by atoms with Gasteiger partial charge < -0.3 is 5.32 Å². The molecule has 112 valence electrons. The van der Waals surface area contributed by atoms with Gasteiger partial charge in [-0.15, -0.1) is 0 Å². The molecule has 4 rings (SSSR count). The SMILES string of the molecule is O=C(N[C@H]1C[C@H]2CC[C@H]1C2)C1(c2ccccc2)CCCC1. The molecule has 0 unspecified atom stereocenters. The lowest BCUT2D eigenvalue weighted by Gasteiger charge is -2.32. The lowest BCUT2D eigenvalue weighted by atomic mass is 9.77. The summed E-state index contributed by atoms with van der Waals surface area (Å²) in [6, 6.07) is 10.9. The Labute approximate surface area is 127 Å². The van der Waals surface area contributed by atoms with Crippen LogP contribution in [0.1, 0.15) is 56.9 Å². The van der Waals surface area contributed by atoms with Crippen LogP contribution in [0.5, 0.6) is 0 Å². The van der Waals surface area contributed by atoms with Crippen LogP contribution in [0.3, 0.4) is 0 Å². The minimum Gasteiger partial charge on any atom is -0.352 e. The van der Waals surface area contributed by atoms with Crippen molar-refractivity contribution >= 4 is 5.91 Å². The van der Waals surface area contributed by atoms with Crippen molar-refractivity contribution < 1.29 is 4.79 Å². The molecule has 0 aromatic heterocycles. The van der Waals surface area contributed by atoms with Gasteiger partial charge in [0.25, 0.3) is 0 Å². The van der Waals surface area contributed by atoms with E-state index in [0.717, 1.165) is 24.7 Å². The first kappa shape index (κ1) is 13.4. The van der Waals surface area contributed by atoms with Gasteiger partial charge in [-0.3, -0.25) is 4.79 Å². The Kier molecular flexibility index (Phi) is 3.28. The zero-order valence-corrected chi connectivity index (χ0v) is 12.7. The van der Waals surface area contributed by atoms with Crippen LogP contribution in [0.2, 0.25) is 0 Å². The third kappa shape index (κ3) is 2.20. The summed E-state index contributed by atoms with van der Waals surface area (Å²) in [5.41, 5.74) is 0.978. The summed E-state index contributed by atoms with van der Waals surface area (Å²) >= 11 is 0. The van der Waals surface area contributed by atoms with Crippen LogP contribution in [0.15, 0.2) is 30.3 Å². The number of carbonyl (C=O) groups excluding carboxylic acids is 1. The first-order valence-electron chi connectivity index (χ1n) is 8.64. The minimum atomic E-state index is -0.247. The van der Waals surface area contributed by atoms with Gasteiger partial charge >= 0.3 is 0 Å². The second-order valence-corrected chi connectivity index (χ2v) is 7.41. The Morgan fingerprint density at radius 1 is 1.05 bits per heavy atom. The number of hydrogen-bond donors (Lipinski definition) is 1. The second kappa shape index (κ2) is 5.15. The molecule has 1 aromatic rings. The normalized spacial score (nSPS) is 33.2. The molecule has 0 heterocycles. The third-order valence-electron chi connectivity index (χ3n) is 6.27. The highest BCUT2D eigenvalue weighted by Crippen LogP contribution is 2.46. The summed E-state index contributed by atoms with van der Waals surface area (Å²) in [7, 11) is 0. The number of rotatable bonds is 3. The molecule has 3 aliphatic carbocycles. The Hall–Kier alpha value is -1.31. The van der Waals surface area contributed by atoms with Crippen LogP contribution in [-0.2, 0) is 10.2 Å². The molecule has 0 aliphatic heterocycles. The molecule has 3 fully saturated rings. The van der Waals surface area contributed by atoms with Gasteiger partial charge in [-0.1, -0.05) is 49.6 Å². The fourth-order valence-corrected chi connectivity index (χ4v) is 5.11. The van der Waals surface area contributed by atoms with Crippen molar-refractivity contribution in [3.63, 3.8) is 0 Å². The predicted molar refractivity (Wildman–Crippen MR) is 84.0 cm³/mol. The van der Waals surface area contributed by atoms with Crippen molar-refractivity contribution in [3.8, 4) is 0 Å². The Morgan fingerprint density at radius 2 is 1.81 bits per heavy atom. The van der Waals surface area contributed by atoms with E-state index >= 15 is 0 Å². The van der Waals surface area contributed by atoms with E-state index in [-0.39, 0.29) is 5.41 Å². The number of nitrogens with one attached hydrogen (secondary N) is 1. The Bertz CT molecular complexity index is 518. The fraction of sp³-hybridized carbons (Fsp3) is 0.632. The third-order valence-corrected chi connectivity index (χ3v) is 6.27. The standard InChI is InChI=1S/C19H25NO/c21-18(20-17-13-14-8-9-15(17)12-14)19(10-4-5-11-19)16-6-2-1-3-7-16/h1-3,6-7,14-15,17H,4-5,8-13H2,(H,20,21)/t14-,15-,17-/m0/s1. The Balaban J connectivity index is 1.55. The van der Waals surface area contributed by atoms with Crippen LogP contribution in [0.25, 0.3) is 0 Å². The summed E-state index contributed by atoms with van der Waals surface area (Å²) in [5, 5.41) is 3.45. The van der Waals surface area contributed by atoms with Gasteiger partial charge in [0.2, 0.25) is 5.91 Å². The zero-order valence-electron chi connectivity index (χ0n) is 12.7. The van der Waals surface area contributed by atoms with E-state index in [9.17, 15) is 4.79 Å². The summed E-state index contributed by atoms with van der Waals surface area (Å²) in [6.07, 6.45) is 9.69. The first-order valence-corrected chi connectivity index (χ1v) is 8.64. The van der Waals surface area contributed by atoms with Gasteiger partial charge in [0.15, 0.2) is 0 Å². The largest absolute Gasteiger partial charge is 0.352 e. The van der Waals surface area contributed by atoms with Crippen LogP contribution >= 0.6 is 0 Å². The summed E-state index contributed by atoms with van der Waals surface area (Å²) in [6.45, 7) is 0. The van der Waals surface area contributed by atoms with Gasteiger partial charge in [-0.25, -0.2) is 0 Å². The van der Waals surface area contributed by atoms with Crippen LogP contribution in [0, 0.1) is 11.8 Å². The number of benzene rings is 1. The van der Waals surface area contributed by atoms with E-state index in [4.69, 9.17) is 0 Å². The molecule has 0 spiro atoms. The predicted octanol–water partition coefficient (Wildman–Crippen LogP) is 3.80. The van der Waals surface area contributed by atoms with Gasteiger partial charge in [-0.05, 0) is 49.5 Å². The van der Waals surface area contributed by atoms with E-state index in [0.29, 0.717) is 11.9 Å². The molecular weight excluding hydrogens is 258 g/mol. The Morgan fingerprint density at radius 3 is 2.43 bits per heavy atom. The minimum absolute atomic E-state index is 0.247. The summed E-state index contributed by atoms with van der Waals surface area (Å²) < 4.78 is 0. The van der Waals surface area contributed by atoms with Gasteiger partial charge in [-0.2, -0.15) is 0 Å². The van der Waals surface area contributed by atoms with Gasteiger partial charge in [0.05, 0.1) is 5.41 Å². The van der Waals surface area contributed by atoms with Crippen molar-refractivity contribution in [1.82, 2.24) is 5.32 Å². The summed E-state index contributed by atoms with van der Waals surface area (Å²) in [5.74, 6) is 1.95. The lowest BCUT2D eigenvalue weighted by molar-refractivity contribution is -0.127. The number of fused-ring (bicyclic) bond motifs is 2. The van der Waals surface area contributed by atoms with Crippen molar-refractivity contribution in [2.24, 2.45) is 11.8 Å². The number of hydrogen-bond acceptors (Lipinski definition) is 1. The average molecular weight is 283 g/mol. The summed E-state index contributed by atoms with van der Waals surface area (Å²) in [4.78, 5) is 13.1. The maximum Gasteiger partial charge on any atom is 0.230 e.